The van der Waals surface area contributed by atoms with Gasteiger partial charge in [0.05, 0.1) is 10.9 Å². The Balaban J connectivity index is 1.89. The number of benzene rings is 1. The van der Waals surface area contributed by atoms with E-state index in [-0.39, 0.29) is 11.9 Å². The minimum atomic E-state index is 0.139. The van der Waals surface area contributed by atoms with Crippen molar-refractivity contribution in [3.63, 3.8) is 0 Å². The summed E-state index contributed by atoms with van der Waals surface area (Å²) in [6, 6.07) is 14.4. The number of amides is 1. The van der Waals surface area contributed by atoms with E-state index in [1.807, 2.05) is 42.2 Å². The summed E-state index contributed by atoms with van der Waals surface area (Å²) in [5, 5.41) is 0. The lowest BCUT2D eigenvalue weighted by molar-refractivity contribution is 0.0503. The number of hydrogen-bond acceptors (Lipinski definition) is 3. The van der Waals surface area contributed by atoms with Gasteiger partial charge in [0, 0.05) is 24.5 Å². The highest BCUT2D eigenvalue weighted by Gasteiger charge is 2.31. The molecule has 1 saturated heterocycles. The minimum absolute atomic E-state index is 0.139. The maximum atomic E-state index is 12.8. The highest BCUT2D eigenvalue weighted by molar-refractivity contribution is 7.13. The van der Waals surface area contributed by atoms with Crippen LogP contribution in [0.3, 0.4) is 0 Å². The van der Waals surface area contributed by atoms with Gasteiger partial charge < -0.3 is 9.80 Å². The van der Waals surface area contributed by atoms with E-state index in [2.05, 4.69) is 24.1 Å². The van der Waals surface area contributed by atoms with Gasteiger partial charge in [0.15, 0.2) is 0 Å². The molecule has 1 amide bonds. The van der Waals surface area contributed by atoms with Crippen LogP contribution in [0.2, 0.25) is 0 Å². The largest absolute Gasteiger partial charge is 0.328 e. The first kappa shape index (κ1) is 14.3. The highest BCUT2D eigenvalue weighted by Crippen LogP contribution is 2.28. The van der Waals surface area contributed by atoms with Crippen LogP contribution in [0.1, 0.15) is 26.2 Å². The molecule has 1 aromatic heterocycles. The van der Waals surface area contributed by atoms with Crippen molar-refractivity contribution in [3.05, 3.63) is 57.8 Å². The number of hydrogen-bond donors (Lipinski definition) is 0. The molecule has 1 aliphatic rings. The van der Waals surface area contributed by atoms with Crippen molar-refractivity contribution in [2.45, 2.75) is 13.0 Å². The molecule has 0 radical (unpaired) electrons. The molecule has 1 fully saturated rings. The predicted molar refractivity (Wildman–Crippen MR) is 86.8 cm³/mol. The first-order chi connectivity index (χ1) is 10.1. The second-order valence-corrected chi connectivity index (χ2v) is 6.89. The third-order valence-corrected chi connectivity index (χ3v) is 4.97. The van der Waals surface area contributed by atoms with E-state index >= 15 is 0 Å². The van der Waals surface area contributed by atoms with Crippen LogP contribution in [0.25, 0.3) is 0 Å². The molecule has 4 heteroatoms. The lowest BCUT2D eigenvalue weighted by atomic mass is 10.0. The lowest BCUT2D eigenvalue weighted by Crippen LogP contribution is -2.49. The normalized spacial score (nSPS) is 19.7. The van der Waals surface area contributed by atoms with Crippen LogP contribution in [-0.4, -0.2) is 42.4 Å². The number of piperazine rings is 1. The molecule has 0 spiro atoms. The molecular weight excluding hydrogens is 280 g/mol. The second-order valence-electron chi connectivity index (χ2n) is 5.60. The quantitative estimate of drug-likeness (QED) is 0.850. The van der Waals surface area contributed by atoms with Gasteiger partial charge in [-0.1, -0.05) is 30.3 Å². The van der Waals surface area contributed by atoms with Gasteiger partial charge >= 0.3 is 0 Å². The molecule has 3 nitrogen and oxygen atoms in total. The molecule has 2 aromatic rings. The molecule has 1 aliphatic heterocycles. The molecule has 1 aromatic carbocycles. The van der Waals surface area contributed by atoms with E-state index < -0.39 is 0 Å². The molecule has 21 heavy (non-hydrogen) atoms. The van der Waals surface area contributed by atoms with Crippen LogP contribution in [0, 0.1) is 6.92 Å². The Labute approximate surface area is 129 Å². The van der Waals surface area contributed by atoms with Crippen molar-refractivity contribution in [2.75, 3.05) is 26.7 Å². The molecule has 3 rings (SSSR count). The number of rotatable bonds is 2. The molecule has 0 aliphatic carbocycles. The van der Waals surface area contributed by atoms with Gasteiger partial charge in [-0.2, -0.15) is 0 Å². The standard InChI is InChI=1S/C17H20N2OS/c1-13-8-9-16(21-13)17(20)19-11-10-18(2)12-15(19)14-6-4-3-5-7-14/h3-9,15H,10-12H2,1-2H3. The van der Waals surface area contributed by atoms with E-state index in [4.69, 9.17) is 0 Å². The Morgan fingerprint density at radius 1 is 1.14 bits per heavy atom. The fourth-order valence-corrected chi connectivity index (χ4v) is 3.64. The zero-order valence-electron chi connectivity index (χ0n) is 12.5. The number of carbonyl (C=O) groups excluding carboxylic acids is 1. The van der Waals surface area contributed by atoms with Crippen LogP contribution in [-0.2, 0) is 0 Å². The van der Waals surface area contributed by atoms with Crippen molar-refractivity contribution >= 4 is 17.2 Å². The Hall–Kier alpha value is -1.65. The maximum absolute atomic E-state index is 12.8. The SMILES string of the molecule is Cc1ccc(C(=O)N2CCN(C)CC2c2ccccc2)s1. The fourth-order valence-electron chi connectivity index (χ4n) is 2.81. The molecule has 0 bridgehead atoms. The summed E-state index contributed by atoms with van der Waals surface area (Å²) < 4.78 is 0. The fraction of sp³-hybridized carbons (Fsp3) is 0.353. The van der Waals surface area contributed by atoms with Gasteiger partial charge in [0.1, 0.15) is 0 Å². The predicted octanol–water partition coefficient (Wildman–Crippen LogP) is 3.19. The van der Waals surface area contributed by atoms with E-state index in [9.17, 15) is 4.79 Å². The second kappa shape index (κ2) is 6.00. The molecule has 2 heterocycles. The van der Waals surface area contributed by atoms with Crippen LogP contribution < -0.4 is 0 Å². The van der Waals surface area contributed by atoms with E-state index in [0.29, 0.717) is 0 Å². The van der Waals surface area contributed by atoms with Crippen molar-refractivity contribution < 1.29 is 4.79 Å². The molecule has 1 unspecified atom stereocenters. The zero-order valence-corrected chi connectivity index (χ0v) is 13.3. The Bertz CT molecular complexity index is 623. The summed E-state index contributed by atoms with van der Waals surface area (Å²) >= 11 is 1.58. The number of thiophene rings is 1. The first-order valence-corrected chi connectivity index (χ1v) is 8.07. The van der Waals surface area contributed by atoms with Crippen molar-refractivity contribution in [1.82, 2.24) is 9.80 Å². The van der Waals surface area contributed by atoms with Gasteiger partial charge in [-0.15, -0.1) is 11.3 Å². The lowest BCUT2D eigenvalue weighted by Gasteiger charge is -2.40. The summed E-state index contributed by atoms with van der Waals surface area (Å²) in [6.45, 7) is 4.64. The van der Waals surface area contributed by atoms with Gasteiger partial charge in [0.25, 0.3) is 5.91 Å². The van der Waals surface area contributed by atoms with Gasteiger partial charge in [0.2, 0.25) is 0 Å². The summed E-state index contributed by atoms with van der Waals surface area (Å²) in [5.41, 5.74) is 1.21. The summed E-state index contributed by atoms with van der Waals surface area (Å²) in [7, 11) is 2.12. The van der Waals surface area contributed by atoms with Crippen molar-refractivity contribution in [3.8, 4) is 0 Å². The van der Waals surface area contributed by atoms with Gasteiger partial charge in [-0.05, 0) is 31.7 Å². The number of nitrogens with zero attached hydrogens (tertiary/aromatic N) is 2. The van der Waals surface area contributed by atoms with E-state index in [1.54, 1.807) is 11.3 Å². The molecule has 0 saturated carbocycles. The average molecular weight is 300 g/mol. The van der Waals surface area contributed by atoms with Crippen LogP contribution >= 0.6 is 11.3 Å². The van der Waals surface area contributed by atoms with Crippen LogP contribution in [0.15, 0.2) is 42.5 Å². The number of carbonyl (C=O) groups is 1. The molecule has 110 valence electrons. The monoisotopic (exact) mass is 300 g/mol. The topological polar surface area (TPSA) is 23.6 Å². The zero-order chi connectivity index (χ0) is 14.8. The summed E-state index contributed by atoms with van der Waals surface area (Å²) in [6.07, 6.45) is 0. The van der Waals surface area contributed by atoms with Crippen molar-refractivity contribution in [2.24, 2.45) is 0 Å². The Kier molecular flexibility index (Phi) is 4.08. The van der Waals surface area contributed by atoms with Gasteiger partial charge in [-0.3, -0.25) is 4.79 Å². The Morgan fingerprint density at radius 2 is 1.90 bits per heavy atom. The first-order valence-electron chi connectivity index (χ1n) is 7.26. The number of aryl methyl sites for hydroxylation is 1. The minimum Gasteiger partial charge on any atom is -0.328 e. The molecule has 1 atom stereocenters. The Morgan fingerprint density at radius 3 is 2.57 bits per heavy atom. The summed E-state index contributed by atoms with van der Waals surface area (Å²) in [5.74, 6) is 0.162. The third-order valence-electron chi connectivity index (χ3n) is 3.98. The highest BCUT2D eigenvalue weighted by atomic mass is 32.1. The van der Waals surface area contributed by atoms with Crippen LogP contribution in [0.4, 0.5) is 0 Å². The van der Waals surface area contributed by atoms with Gasteiger partial charge in [-0.25, -0.2) is 0 Å². The van der Waals surface area contributed by atoms with E-state index in [1.165, 1.54) is 10.4 Å². The molecular formula is C17H20N2OS. The van der Waals surface area contributed by atoms with Crippen molar-refractivity contribution in [1.29, 1.82) is 0 Å². The van der Waals surface area contributed by atoms with E-state index in [0.717, 1.165) is 24.5 Å². The maximum Gasteiger partial charge on any atom is 0.264 e. The summed E-state index contributed by atoms with van der Waals surface area (Å²) in [4.78, 5) is 19.2. The number of likely N-dealkylation sites (N-methyl/N-ethyl adjacent to an activating group) is 1. The average Bonchev–Trinajstić information content (AvgIpc) is 2.94. The third kappa shape index (κ3) is 3.01. The smallest absolute Gasteiger partial charge is 0.264 e. The van der Waals surface area contributed by atoms with Crippen LogP contribution in [0.5, 0.6) is 0 Å². The molecule has 0 N–H and O–H groups in total.